The molecule has 2 fully saturated rings. The lowest BCUT2D eigenvalue weighted by atomic mass is 10.1. The summed E-state index contributed by atoms with van der Waals surface area (Å²) < 4.78 is 1.91. The monoisotopic (exact) mass is 327 g/mol. The number of fused-ring (bicyclic) bond motifs is 1. The zero-order valence-electron chi connectivity index (χ0n) is 14.2. The molecule has 1 saturated carbocycles. The van der Waals surface area contributed by atoms with E-state index in [2.05, 4.69) is 15.6 Å². The smallest absolute Gasteiger partial charge is 0.252 e. The molecule has 0 aromatic carbocycles. The van der Waals surface area contributed by atoms with Gasteiger partial charge in [0.15, 0.2) is 0 Å². The summed E-state index contributed by atoms with van der Waals surface area (Å²) in [5.41, 5.74) is 1.81. The standard InChI is InChI=1S/C18H25N5O/c1-12-10-16(24)23(14-4-2-3-5-14)17-15(12)11-20-18(22-17)21-13-6-8-19-9-7-13/h10-11,13-14,19H,2-9H2,1H3,(H,20,21,22). The van der Waals surface area contributed by atoms with Gasteiger partial charge in [-0.1, -0.05) is 12.8 Å². The zero-order chi connectivity index (χ0) is 16.5. The molecular formula is C18H25N5O. The molecule has 0 spiro atoms. The van der Waals surface area contributed by atoms with E-state index in [1.165, 1.54) is 12.8 Å². The molecule has 0 bridgehead atoms. The number of nitrogens with zero attached hydrogens (tertiary/aromatic N) is 3. The molecule has 0 radical (unpaired) electrons. The molecular weight excluding hydrogens is 302 g/mol. The van der Waals surface area contributed by atoms with Crippen molar-refractivity contribution in [1.82, 2.24) is 19.9 Å². The van der Waals surface area contributed by atoms with Crippen LogP contribution >= 0.6 is 0 Å². The lowest BCUT2D eigenvalue weighted by Gasteiger charge is -2.24. The molecule has 4 rings (SSSR count). The maximum atomic E-state index is 12.6. The molecule has 2 N–H and O–H groups in total. The molecule has 0 amide bonds. The van der Waals surface area contributed by atoms with Crippen molar-refractivity contribution in [2.45, 2.75) is 57.5 Å². The van der Waals surface area contributed by atoms with E-state index in [9.17, 15) is 4.79 Å². The van der Waals surface area contributed by atoms with Crippen LogP contribution in [0.4, 0.5) is 5.95 Å². The maximum Gasteiger partial charge on any atom is 0.252 e. The van der Waals surface area contributed by atoms with Gasteiger partial charge < -0.3 is 10.6 Å². The molecule has 3 heterocycles. The van der Waals surface area contributed by atoms with Crippen LogP contribution in [0.1, 0.15) is 50.1 Å². The van der Waals surface area contributed by atoms with Crippen molar-refractivity contribution in [1.29, 1.82) is 0 Å². The summed E-state index contributed by atoms with van der Waals surface area (Å²) in [5.74, 6) is 0.645. The largest absolute Gasteiger partial charge is 0.351 e. The number of aromatic nitrogens is 3. The summed E-state index contributed by atoms with van der Waals surface area (Å²) in [5, 5.41) is 7.80. The van der Waals surface area contributed by atoms with Crippen LogP contribution in [0.5, 0.6) is 0 Å². The Kier molecular flexibility index (Phi) is 4.22. The summed E-state index contributed by atoms with van der Waals surface area (Å²) in [6, 6.07) is 2.41. The lowest BCUT2D eigenvalue weighted by molar-refractivity contribution is 0.477. The summed E-state index contributed by atoms with van der Waals surface area (Å²) in [7, 11) is 0. The average molecular weight is 327 g/mol. The fraction of sp³-hybridized carbons (Fsp3) is 0.611. The summed E-state index contributed by atoms with van der Waals surface area (Å²) in [6.07, 6.45) is 8.54. The Labute approximate surface area is 141 Å². The van der Waals surface area contributed by atoms with Crippen LogP contribution in [-0.4, -0.2) is 33.7 Å². The Balaban J connectivity index is 1.75. The predicted octanol–water partition coefficient (Wildman–Crippen LogP) is 2.38. The van der Waals surface area contributed by atoms with Gasteiger partial charge in [0.2, 0.25) is 5.95 Å². The third-order valence-electron chi connectivity index (χ3n) is 5.36. The van der Waals surface area contributed by atoms with E-state index in [0.717, 1.165) is 55.4 Å². The third-order valence-corrected chi connectivity index (χ3v) is 5.36. The Hall–Kier alpha value is -1.95. The number of rotatable bonds is 3. The number of nitrogens with one attached hydrogen (secondary N) is 2. The van der Waals surface area contributed by atoms with E-state index >= 15 is 0 Å². The van der Waals surface area contributed by atoms with Crippen LogP contribution in [-0.2, 0) is 0 Å². The van der Waals surface area contributed by atoms with Crippen LogP contribution < -0.4 is 16.2 Å². The number of hydrogen-bond donors (Lipinski definition) is 2. The second-order valence-electron chi connectivity index (χ2n) is 7.07. The van der Waals surface area contributed by atoms with Gasteiger partial charge in [-0.15, -0.1) is 0 Å². The van der Waals surface area contributed by atoms with E-state index in [-0.39, 0.29) is 11.6 Å². The van der Waals surface area contributed by atoms with Gasteiger partial charge in [-0.3, -0.25) is 9.36 Å². The van der Waals surface area contributed by atoms with E-state index < -0.39 is 0 Å². The van der Waals surface area contributed by atoms with Crippen molar-refractivity contribution in [3.05, 3.63) is 28.2 Å². The molecule has 0 atom stereocenters. The van der Waals surface area contributed by atoms with Crippen LogP contribution in [0.25, 0.3) is 11.0 Å². The van der Waals surface area contributed by atoms with E-state index in [0.29, 0.717) is 12.0 Å². The summed E-state index contributed by atoms with van der Waals surface area (Å²) in [4.78, 5) is 21.9. The van der Waals surface area contributed by atoms with Crippen molar-refractivity contribution in [3.63, 3.8) is 0 Å². The lowest BCUT2D eigenvalue weighted by Crippen LogP contribution is -2.35. The Bertz CT molecular complexity index is 788. The SMILES string of the molecule is Cc1cc(=O)n(C2CCCC2)c2nc(NC3CCNCC3)ncc12. The van der Waals surface area contributed by atoms with Gasteiger partial charge in [-0.25, -0.2) is 4.98 Å². The average Bonchev–Trinajstić information content (AvgIpc) is 3.10. The molecule has 128 valence electrons. The molecule has 2 aliphatic rings. The Morgan fingerprint density at radius 2 is 1.96 bits per heavy atom. The number of hydrogen-bond acceptors (Lipinski definition) is 5. The van der Waals surface area contributed by atoms with Gasteiger partial charge in [0, 0.05) is 29.7 Å². The van der Waals surface area contributed by atoms with Gasteiger partial charge in [-0.05, 0) is 51.3 Å². The molecule has 1 aliphatic carbocycles. The molecule has 2 aromatic heterocycles. The first-order valence-corrected chi connectivity index (χ1v) is 9.08. The van der Waals surface area contributed by atoms with Gasteiger partial charge in [0.1, 0.15) is 5.65 Å². The van der Waals surface area contributed by atoms with Crippen LogP contribution in [0, 0.1) is 6.92 Å². The first kappa shape index (κ1) is 15.6. The van der Waals surface area contributed by atoms with Gasteiger partial charge in [0.25, 0.3) is 5.56 Å². The van der Waals surface area contributed by atoms with Crippen molar-refractivity contribution in [3.8, 4) is 0 Å². The van der Waals surface area contributed by atoms with Gasteiger partial charge in [-0.2, -0.15) is 4.98 Å². The second-order valence-corrected chi connectivity index (χ2v) is 7.07. The predicted molar refractivity (Wildman–Crippen MR) is 95.6 cm³/mol. The minimum atomic E-state index is 0.0680. The van der Waals surface area contributed by atoms with Gasteiger partial charge >= 0.3 is 0 Å². The fourth-order valence-electron chi connectivity index (χ4n) is 4.01. The minimum Gasteiger partial charge on any atom is -0.351 e. The van der Waals surface area contributed by atoms with E-state index in [4.69, 9.17) is 4.98 Å². The third kappa shape index (κ3) is 2.90. The maximum absolute atomic E-state index is 12.6. The second kappa shape index (κ2) is 6.51. The quantitative estimate of drug-likeness (QED) is 0.905. The highest BCUT2D eigenvalue weighted by Gasteiger charge is 2.22. The Morgan fingerprint density at radius 1 is 1.21 bits per heavy atom. The molecule has 24 heavy (non-hydrogen) atoms. The fourth-order valence-corrected chi connectivity index (χ4v) is 4.01. The van der Waals surface area contributed by atoms with Crippen molar-refractivity contribution < 1.29 is 0 Å². The van der Waals surface area contributed by atoms with E-state index in [1.54, 1.807) is 6.07 Å². The number of piperidine rings is 1. The molecule has 6 heteroatoms. The highest BCUT2D eigenvalue weighted by molar-refractivity contribution is 5.79. The van der Waals surface area contributed by atoms with Crippen molar-refractivity contribution in [2.24, 2.45) is 0 Å². The highest BCUT2D eigenvalue weighted by atomic mass is 16.1. The minimum absolute atomic E-state index is 0.0680. The van der Waals surface area contributed by atoms with Crippen LogP contribution in [0.3, 0.4) is 0 Å². The molecule has 1 saturated heterocycles. The van der Waals surface area contributed by atoms with Gasteiger partial charge in [0.05, 0.1) is 0 Å². The molecule has 0 unspecified atom stereocenters. The topological polar surface area (TPSA) is 71.8 Å². The van der Waals surface area contributed by atoms with Crippen molar-refractivity contribution >= 4 is 17.0 Å². The zero-order valence-corrected chi connectivity index (χ0v) is 14.2. The van der Waals surface area contributed by atoms with E-state index in [1.807, 2.05) is 17.7 Å². The summed E-state index contributed by atoms with van der Waals surface area (Å²) in [6.45, 7) is 4.01. The number of pyridine rings is 1. The Morgan fingerprint density at radius 3 is 2.71 bits per heavy atom. The number of anilines is 1. The first-order chi connectivity index (χ1) is 11.7. The first-order valence-electron chi connectivity index (χ1n) is 9.08. The molecule has 1 aliphatic heterocycles. The summed E-state index contributed by atoms with van der Waals surface area (Å²) >= 11 is 0. The van der Waals surface area contributed by atoms with Crippen molar-refractivity contribution in [2.75, 3.05) is 18.4 Å². The molecule has 6 nitrogen and oxygen atoms in total. The van der Waals surface area contributed by atoms with Crippen LogP contribution in [0.15, 0.2) is 17.1 Å². The number of aryl methyl sites for hydroxylation is 1. The molecule has 2 aromatic rings. The van der Waals surface area contributed by atoms with Crippen LogP contribution in [0.2, 0.25) is 0 Å². The normalized spacial score (nSPS) is 19.9. The highest BCUT2D eigenvalue weighted by Crippen LogP contribution is 2.31.